The predicted octanol–water partition coefficient (Wildman–Crippen LogP) is 6.41. The molecule has 0 aliphatic heterocycles. The van der Waals surface area contributed by atoms with Crippen molar-refractivity contribution in [3.63, 3.8) is 0 Å². The van der Waals surface area contributed by atoms with E-state index in [1.165, 1.54) is 7.11 Å². The van der Waals surface area contributed by atoms with E-state index in [0.717, 1.165) is 66.9 Å². The molecule has 4 aromatic heterocycles. The number of hydrogen-bond donors (Lipinski definition) is 0. The fourth-order valence-corrected chi connectivity index (χ4v) is 5.88. The van der Waals surface area contributed by atoms with Crippen LogP contribution in [0.2, 0.25) is 0 Å². The van der Waals surface area contributed by atoms with E-state index >= 15 is 0 Å². The summed E-state index contributed by atoms with van der Waals surface area (Å²) in [6.07, 6.45) is 16.5. The average molecular weight is 612 g/mol. The molecule has 1 aliphatic carbocycles. The van der Waals surface area contributed by atoms with E-state index in [-0.39, 0.29) is 23.4 Å². The maximum absolute atomic E-state index is 13.4. The van der Waals surface area contributed by atoms with Crippen molar-refractivity contribution in [3.05, 3.63) is 54.6 Å². The molecule has 1 fully saturated rings. The highest BCUT2D eigenvalue weighted by Crippen LogP contribution is 2.34. The molecule has 5 rings (SSSR count). The Hall–Kier alpha value is -4.28. The van der Waals surface area contributed by atoms with Crippen molar-refractivity contribution in [1.29, 1.82) is 0 Å². The van der Waals surface area contributed by atoms with Gasteiger partial charge in [-0.3, -0.25) is 19.4 Å². The minimum absolute atomic E-state index is 0.0736. The number of nitrogens with zero attached hydrogens (tertiary/aromatic N) is 9. The van der Waals surface area contributed by atoms with E-state index in [2.05, 4.69) is 60.6 Å². The molecular weight excluding hydrogens is 566 g/mol. The molecule has 45 heavy (non-hydrogen) atoms. The molecule has 0 bridgehead atoms. The minimum atomic E-state index is -0.106. The largest absolute Gasteiger partial charge is 0.467 e. The third-order valence-corrected chi connectivity index (χ3v) is 8.40. The maximum Gasteiger partial charge on any atom is 0.316 e. The van der Waals surface area contributed by atoms with Crippen LogP contribution in [-0.2, 0) is 16.6 Å². The molecule has 0 atom stereocenters. The molecule has 0 spiro atoms. The predicted molar refractivity (Wildman–Crippen MR) is 174 cm³/mol. The number of rotatable bonds is 10. The summed E-state index contributed by atoms with van der Waals surface area (Å²) in [5, 5.41) is 4.83. The van der Waals surface area contributed by atoms with E-state index in [4.69, 9.17) is 19.8 Å². The molecule has 11 nitrogen and oxygen atoms in total. The smallest absolute Gasteiger partial charge is 0.316 e. The molecule has 1 aliphatic rings. The Morgan fingerprint density at radius 2 is 1.71 bits per heavy atom. The Labute approximate surface area is 265 Å². The van der Waals surface area contributed by atoms with Gasteiger partial charge in [-0.2, -0.15) is 5.10 Å². The third-order valence-electron chi connectivity index (χ3n) is 8.40. The molecule has 0 aromatic carbocycles. The summed E-state index contributed by atoms with van der Waals surface area (Å²) in [7, 11) is 1.53. The lowest BCUT2D eigenvalue weighted by Crippen LogP contribution is -2.43. The topological polar surface area (TPSA) is 125 Å². The number of methoxy groups -OCH3 is 1. The summed E-state index contributed by atoms with van der Waals surface area (Å²) >= 11 is 0. The van der Waals surface area contributed by atoms with Gasteiger partial charge in [0.1, 0.15) is 11.5 Å². The van der Waals surface area contributed by atoms with Crippen molar-refractivity contribution in [2.45, 2.75) is 104 Å². The van der Waals surface area contributed by atoms with Crippen LogP contribution in [0, 0.1) is 5.92 Å². The van der Waals surface area contributed by atoms with Crippen LogP contribution in [0.5, 0.6) is 6.01 Å². The van der Waals surface area contributed by atoms with Crippen molar-refractivity contribution in [1.82, 2.24) is 39.7 Å². The van der Waals surface area contributed by atoms with Gasteiger partial charge in [-0.15, -0.1) is 0 Å². The second-order valence-corrected chi connectivity index (χ2v) is 13.2. The van der Waals surface area contributed by atoms with Crippen LogP contribution in [0.1, 0.15) is 97.5 Å². The molecule has 4 aromatic rings. The summed E-state index contributed by atoms with van der Waals surface area (Å²) in [4.78, 5) is 42.7. The van der Waals surface area contributed by atoms with Gasteiger partial charge in [0.2, 0.25) is 5.91 Å². The summed E-state index contributed by atoms with van der Waals surface area (Å²) in [5.41, 5.74) is 4.17. The van der Waals surface area contributed by atoms with Gasteiger partial charge >= 0.3 is 6.01 Å². The first kappa shape index (κ1) is 32.1. The zero-order valence-corrected chi connectivity index (χ0v) is 27.6. The van der Waals surface area contributed by atoms with Crippen LogP contribution < -0.4 is 9.64 Å². The van der Waals surface area contributed by atoms with E-state index in [1.54, 1.807) is 24.8 Å². The van der Waals surface area contributed by atoms with Crippen molar-refractivity contribution in [2.24, 2.45) is 5.92 Å². The number of hydrogen-bond acceptors (Lipinski definition) is 9. The van der Waals surface area contributed by atoms with Crippen LogP contribution in [0.15, 0.2) is 43.2 Å². The lowest BCUT2D eigenvalue weighted by Gasteiger charge is -2.36. The molecule has 0 radical (unpaired) electrons. The molecule has 0 unspecified atom stereocenters. The molecule has 1 saturated carbocycles. The quantitative estimate of drug-likeness (QED) is 0.200. The fourth-order valence-electron chi connectivity index (χ4n) is 5.88. The Kier molecular flexibility index (Phi) is 9.84. The monoisotopic (exact) mass is 611 g/mol. The normalized spacial score (nSPS) is 17.0. The fraction of sp³-hybridized carbons (Fsp3) is 0.529. The highest BCUT2D eigenvalue weighted by molar-refractivity contribution is 5.93. The number of carbonyl (C=O) groups is 1. The molecule has 238 valence electrons. The lowest BCUT2D eigenvalue weighted by molar-refractivity contribution is -0.119. The highest BCUT2D eigenvalue weighted by atomic mass is 16.5. The number of ether oxygens (including phenoxy) is 1. The summed E-state index contributed by atoms with van der Waals surface area (Å²) < 4.78 is 7.02. The summed E-state index contributed by atoms with van der Waals surface area (Å²) in [5.74, 6) is 1.96. The van der Waals surface area contributed by atoms with Crippen LogP contribution in [0.4, 0.5) is 5.82 Å². The highest BCUT2D eigenvalue weighted by Gasteiger charge is 2.31. The van der Waals surface area contributed by atoms with Crippen molar-refractivity contribution in [3.8, 4) is 28.7 Å². The van der Waals surface area contributed by atoms with Gasteiger partial charge < -0.3 is 4.74 Å². The van der Waals surface area contributed by atoms with E-state index in [1.807, 2.05) is 28.9 Å². The number of amides is 1. The Morgan fingerprint density at radius 3 is 2.29 bits per heavy atom. The van der Waals surface area contributed by atoms with Crippen LogP contribution in [0.25, 0.3) is 22.6 Å². The minimum Gasteiger partial charge on any atom is -0.467 e. The summed E-state index contributed by atoms with van der Waals surface area (Å²) in [6, 6.07) is 2.70. The molecule has 4 heterocycles. The van der Waals surface area contributed by atoms with Crippen molar-refractivity contribution >= 4 is 11.7 Å². The molecule has 0 saturated heterocycles. The summed E-state index contributed by atoms with van der Waals surface area (Å²) in [6.45, 7) is 12.8. The molecule has 1 amide bonds. The Morgan fingerprint density at radius 1 is 0.978 bits per heavy atom. The number of carbonyl (C=O) groups excluding carboxylic acids is 1. The molecule has 11 heteroatoms. The Bertz CT molecular complexity index is 1570. The van der Waals surface area contributed by atoms with Crippen molar-refractivity contribution < 1.29 is 9.53 Å². The number of anilines is 1. The number of aromatic nitrogens is 8. The standard InChI is InChI=1S/C34H45N9O2/c1-8-9-31(44)43(30-21-35-28(20-37-30)24-17-38-33(45-7)39-18-24)25-12-10-23(11-13-25)16-29-36-19-26(34(4,5)6)32(40-29)27-14-15-42(41-27)22(2)3/h14-15,17-23,25H,8-13,16H2,1-7H3. The van der Waals surface area contributed by atoms with E-state index in [0.29, 0.717) is 29.9 Å². The van der Waals surface area contributed by atoms with Gasteiger partial charge in [-0.1, -0.05) is 27.7 Å². The first-order chi connectivity index (χ1) is 21.6. The second kappa shape index (κ2) is 13.8. The van der Waals surface area contributed by atoms with Gasteiger partial charge in [0.25, 0.3) is 0 Å². The van der Waals surface area contributed by atoms with Crippen LogP contribution in [0.3, 0.4) is 0 Å². The zero-order valence-electron chi connectivity index (χ0n) is 27.6. The first-order valence-corrected chi connectivity index (χ1v) is 16.0. The SMILES string of the molecule is CCCC(=O)N(c1cnc(-c2cnc(OC)nc2)cn1)C1CCC(Cc2ncc(C(C)(C)C)c(-c3ccn(C(C)C)n3)n2)CC1. The van der Waals surface area contributed by atoms with Gasteiger partial charge in [0, 0.05) is 60.8 Å². The van der Waals surface area contributed by atoms with E-state index < -0.39 is 0 Å². The lowest BCUT2D eigenvalue weighted by atomic mass is 9.82. The first-order valence-electron chi connectivity index (χ1n) is 16.0. The molecule has 0 N–H and O–H groups in total. The average Bonchev–Trinajstić information content (AvgIpc) is 3.53. The zero-order chi connectivity index (χ0) is 32.1. The second-order valence-electron chi connectivity index (χ2n) is 13.2. The third kappa shape index (κ3) is 7.51. The molecular formula is C34H45N9O2. The van der Waals surface area contributed by atoms with E-state index in [9.17, 15) is 4.79 Å². The van der Waals surface area contributed by atoms with Crippen LogP contribution >= 0.6 is 0 Å². The van der Waals surface area contributed by atoms with Gasteiger partial charge in [-0.25, -0.2) is 24.9 Å². The van der Waals surface area contributed by atoms with Crippen LogP contribution in [-0.4, -0.2) is 58.7 Å². The van der Waals surface area contributed by atoms with Gasteiger partial charge in [0.05, 0.1) is 30.9 Å². The Balaban J connectivity index is 1.30. The van der Waals surface area contributed by atoms with Gasteiger partial charge in [-0.05, 0) is 63.4 Å². The van der Waals surface area contributed by atoms with Crippen molar-refractivity contribution in [2.75, 3.05) is 12.0 Å². The van der Waals surface area contributed by atoms with Gasteiger partial charge in [0.15, 0.2) is 5.82 Å². The maximum atomic E-state index is 13.4.